The number of hydrogen-bond acceptors (Lipinski definition) is 3. The second-order valence-corrected chi connectivity index (χ2v) is 9.59. The Morgan fingerprint density at radius 2 is 1.57 bits per heavy atom. The standard InChI is InChI=1S/C28H25ClN4OS/c1-20-26(27(34)33(31(20)2)24-11-7-4-8-12-24)30-28-32(18-17-21-9-5-3-6-10-21)25(19-35-28)22-13-15-23(29)16-14-22/h3-16,19H,17-18H2,1-2H3. The summed E-state index contributed by atoms with van der Waals surface area (Å²) in [5, 5.41) is 2.80. The van der Waals surface area contributed by atoms with E-state index in [9.17, 15) is 4.79 Å². The van der Waals surface area contributed by atoms with Crippen LogP contribution in [-0.2, 0) is 20.0 Å². The molecule has 176 valence electrons. The Labute approximate surface area is 212 Å². The van der Waals surface area contributed by atoms with Crippen molar-refractivity contribution in [2.75, 3.05) is 0 Å². The van der Waals surface area contributed by atoms with E-state index >= 15 is 0 Å². The molecule has 0 spiro atoms. The maximum absolute atomic E-state index is 13.4. The summed E-state index contributed by atoms with van der Waals surface area (Å²) in [6.45, 7) is 2.67. The molecule has 7 heteroatoms. The Bertz CT molecular complexity index is 1580. The fourth-order valence-corrected chi connectivity index (χ4v) is 5.22. The number of halogens is 1. The SMILES string of the molecule is Cc1c(N=c2scc(-c3ccc(Cl)cc3)n2CCc2ccccc2)c(=O)n(-c2ccccc2)n1C. The molecule has 2 aromatic heterocycles. The van der Waals surface area contributed by atoms with Crippen LogP contribution in [0.1, 0.15) is 11.3 Å². The van der Waals surface area contributed by atoms with Gasteiger partial charge >= 0.3 is 0 Å². The Hall–Kier alpha value is -3.61. The smallest absolute Gasteiger partial charge is 0.297 e. The highest BCUT2D eigenvalue weighted by Gasteiger charge is 2.17. The number of thiazole rings is 1. The molecule has 0 bridgehead atoms. The molecule has 0 amide bonds. The van der Waals surface area contributed by atoms with Crippen molar-refractivity contribution in [2.45, 2.75) is 19.9 Å². The summed E-state index contributed by atoms with van der Waals surface area (Å²) in [6.07, 6.45) is 0.855. The molecular formula is C28H25ClN4OS. The molecule has 5 nitrogen and oxygen atoms in total. The van der Waals surface area contributed by atoms with Crippen molar-refractivity contribution in [3.05, 3.63) is 122 Å². The van der Waals surface area contributed by atoms with Gasteiger partial charge in [0, 0.05) is 24.0 Å². The molecule has 0 radical (unpaired) electrons. The van der Waals surface area contributed by atoms with E-state index in [1.54, 1.807) is 4.68 Å². The second-order valence-electron chi connectivity index (χ2n) is 8.32. The van der Waals surface area contributed by atoms with Crippen LogP contribution in [0.25, 0.3) is 16.9 Å². The average Bonchev–Trinajstić information content (AvgIpc) is 3.38. The minimum Gasteiger partial charge on any atom is -0.316 e. The summed E-state index contributed by atoms with van der Waals surface area (Å²) in [5.74, 6) is 0. The Morgan fingerprint density at radius 3 is 2.26 bits per heavy atom. The zero-order chi connectivity index (χ0) is 24.4. The molecule has 0 N–H and O–H groups in total. The number of para-hydroxylation sites is 1. The molecule has 0 fully saturated rings. The first kappa shape index (κ1) is 23.1. The van der Waals surface area contributed by atoms with Gasteiger partial charge in [-0.05, 0) is 48.7 Å². The summed E-state index contributed by atoms with van der Waals surface area (Å²) in [5.41, 5.74) is 5.32. The van der Waals surface area contributed by atoms with Crippen LogP contribution in [0.5, 0.6) is 0 Å². The van der Waals surface area contributed by atoms with Crippen LogP contribution in [0.2, 0.25) is 5.02 Å². The number of aryl methyl sites for hydroxylation is 1. The molecule has 0 unspecified atom stereocenters. The molecule has 0 aliphatic rings. The molecule has 3 aromatic carbocycles. The van der Waals surface area contributed by atoms with E-state index in [4.69, 9.17) is 16.6 Å². The lowest BCUT2D eigenvalue weighted by Crippen LogP contribution is -2.20. The highest BCUT2D eigenvalue weighted by molar-refractivity contribution is 7.07. The second kappa shape index (κ2) is 9.94. The number of rotatable bonds is 6. The Kier molecular flexibility index (Phi) is 6.57. The van der Waals surface area contributed by atoms with Gasteiger partial charge in [0.15, 0.2) is 10.5 Å². The van der Waals surface area contributed by atoms with Gasteiger partial charge in [-0.2, -0.15) is 0 Å². The lowest BCUT2D eigenvalue weighted by Gasteiger charge is -2.10. The summed E-state index contributed by atoms with van der Waals surface area (Å²) < 4.78 is 5.72. The lowest BCUT2D eigenvalue weighted by molar-refractivity contribution is 0.630. The first-order chi connectivity index (χ1) is 17.0. The van der Waals surface area contributed by atoms with E-state index in [0.717, 1.165) is 40.4 Å². The molecular weight excluding hydrogens is 476 g/mol. The van der Waals surface area contributed by atoms with E-state index in [1.165, 1.54) is 16.9 Å². The summed E-state index contributed by atoms with van der Waals surface area (Å²) in [4.78, 5) is 19.2. The average molecular weight is 501 g/mol. The fraction of sp³-hybridized carbons (Fsp3) is 0.143. The van der Waals surface area contributed by atoms with Crippen molar-refractivity contribution in [3.63, 3.8) is 0 Å². The molecule has 0 saturated carbocycles. The largest absolute Gasteiger partial charge is 0.316 e. The van der Waals surface area contributed by atoms with Crippen LogP contribution in [0.3, 0.4) is 0 Å². The fourth-order valence-electron chi connectivity index (χ4n) is 4.15. The van der Waals surface area contributed by atoms with E-state index in [2.05, 4.69) is 34.2 Å². The van der Waals surface area contributed by atoms with Gasteiger partial charge in [0.1, 0.15) is 0 Å². The van der Waals surface area contributed by atoms with Crippen LogP contribution in [0.15, 0.2) is 100 Å². The molecule has 0 saturated heterocycles. The highest BCUT2D eigenvalue weighted by Crippen LogP contribution is 2.24. The minimum atomic E-state index is -0.132. The predicted molar refractivity (Wildman–Crippen MR) is 144 cm³/mol. The zero-order valence-corrected chi connectivity index (χ0v) is 21.1. The zero-order valence-electron chi connectivity index (χ0n) is 19.6. The van der Waals surface area contributed by atoms with Crippen LogP contribution >= 0.6 is 22.9 Å². The van der Waals surface area contributed by atoms with Gasteiger partial charge in [-0.15, -0.1) is 11.3 Å². The van der Waals surface area contributed by atoms with Gasteiger partial charge in [-0.3, -0.25) is 9.48 Å². The molecule has 0 aliphatic heterocycles. The topological polar surface area (TPSA) is 44.2 Å². The van der Waals surface area contributed by atoms with Crippen molar-refractivity contribution in [3.8, 4) is 16.9 Å². The number of nitrogens with zero attached hydrogens (tertiary/aromatic N) is 4. The van der Waals surface area contributed by atoms with Gasteiger partial charge in [0.05, 0.1) is 17.1 Å². The number of hydrogen-bond donors (Lipinski definition) is 0. The minimum absolute atomic E-state index is 0.132. The third kappa shape index (κ3) is 4.67. The van der Waals surface area contributed by atoms with Crippen LogP contribution < -0.4 is 10.4 Å². The monoisotopic (exact) mass is 500 g/mol. The summed E-state index contributed by atoms with van der Waals surface area (Å²) in [6, 6.07) is 27.9. The normalized spacial score (nSPS) is 11.8. The molecule has 35 heavy (non-hydrogen) atoms. The molecule has 0 aliphatic carbocycles. The van der Waals surface area contributed by atoms with Crippen molar-refractivity contribution >= 4 is 28.6 Å². The van der Waals surface area contributed by atoms with Crippen molar-refractivity contribution < 1.29 is 0 Å². The van der Waals surface area contributed by atoms with Gasteiger partial charge < -0.3 is 4.57 Å². The van der Waals surface area contributed by atoms with Crippen LogP contribution in [0.4, 0.5) is 5.69 Å². The maximum Gasteiger partial charge on any atom is 0.297 e. The lowest BCUT2D eigenvalue weighted by atomic mass is 10.1. The van der Waals surface area contributed by atoms with E-state index in [-0.39, 0.29) is 5.56 Å². The third-order valence-corrected chi connectivity index (χ3v) is 7.25. The Balaban J connectivity index is 1.64. The van der Waals surface area contributed by atoms with E-state index in [0.29, 0.717) is 10.7 Å². The van der Waals surface area contributed by atoms with Crippen LogP contribution in [0, 0.1) is 6.92 Å². The van der Waals surface area contributed by atoms with Crippen molar-refractivity contribution in [2.24, 2.45) is 12.0 Å². The molecule has 0 atom stereocenters. The van der Waals surface area contributed by atoms with E-state index in [1.807, 2.05) is 79.3 Å². The van der Waals surface area contributed by atoms with Gasteiger partial charge in [-0.25, -0.2) is 9.67 Å². The van der Waals surface area contributed by atoms with E-state index < -0.39 is 0 Å². The molecule has 5 aromatic rings. The highest BCUT2D eigenvalue weighted by atomic mass is 35.5. The van der Waals surface area contributed by atoms with Gasteiger partial charge in [-0.1, -0.05) is 72.3 Å². The first-order valence-electron chi connectivity index (χ1n) is 11.4. The Morgan fingerprint density at radius 1 is 0.914 bits per heavy atom. The predicted octanol–water partition coefficient (Wildman–Crippen LogP) is 6.14. The summed E-state index contributed by atoms with van der Waals surface area (Å²) >= 11 is 7.67. The number of benzene rings is 3. The maximum atomic E-state index is 13.4. The van der Waals surface area contributed by atoms with Crippen LogP contribution in [-0.4, -0.2) is 13.9 Å². The van der Waals surface area contributed by atoms with Crippen molar-refractivity contribution in [1.29, 1.82) is 0 Å². The quantitative estimate of drug-likeness (QED) is 0.276. The third-order valence-electron chi connectivity index (χ3n) is 6.14. The molecule has 2 heterocycles. The summed E-state index contributed by atoms with van der Waals surface area (Å²) in [7, 11) is 1.89. The van der Waals surface area contributed by atoms with Gasteiger partial charge in [0.25, 0.3) is 5.56 Å². The van der Waals surface area contributed by atoms with Gasteiger partial charge in [0.2, 0.25) is 0 Å². The molecule has 5 rings (SSSR count). The first-order valence-corrected chi connectivity index (χ1v) is 12.7. The number of aromatic nitrogens is 3. The van der Waals surface area contributed by atoms with Crippen molar-refractivity contribution in [1.82, 2.24) is 13.9 Å².